The van der Waals surface area contributed by atoms with Gasteiger partial charge >= 0.3 is 0 Å². The topological polar surface area (TPSA) is 72.8 Å². The zero-order chi connectivity index (χ0) is 14.9. The predicted octanol–water partition coefficient (Wildman–Crippen LogP) is 1.62. The van der Waals surface area contributed by atoms with E-state index in [0.29, 0.717) is 12.1 Å². The van der Waals surface area contributed by atoms with Gasteiger partial charge in [-0.25, -0.2) is 0 Å². The summed E-state index contributed by atoms with van der Waals surface area (Å²) in [7, 11) is 1.65. The molecule has 2 rings (SSSR count). The van der Waals surface area contributed by atoms with Gasteiger partial charge < -0.3 is 15.5 Å². The third-order valence-corrected chi connectivity index (χ3v) is 4.30. The third-order valence-electron chi connectivity index (χ3n) is 4.30. The van der Waals surface area contributed by atoms with Gasteiger partial charge in [-0.2, -0.15) is 0 Å². The summed E-state index contributed by atoms with van der Waals surface area (Å²) in [6.45, 7) is 5.26. The van der Waals surface area contributed by atoms with Crippen LogP contribution in [0, 0.1) is 5.41 Å². The first-order chi connectivity index (χ1) is 9.39. The van der Waals surface area contributed by atoms with Crippen molar-refractivity contribution in [3.05, 3.63) is 23.8 Å². The molecule has 0 spiro atoms. The lowest BCUT2D eigenvalue weighted by Crippen LogP contribution is -2.39. The Hall–Kier alpha value is -1.75. The number of nitrogens with zero attached hydrogens (tertiary/aromatic N) is 1. The van der Waals surface area contributed by atoms with Crippen molar-refractivity contribution in [3.63, 3.8) is 0 Å². The van der Waals surface area contributed by atoms with Crippen LogP contribution in [-0.2, 0) is 4.79 Å². The number of carbonyl (C=O) groups excluding carboxylic acids is 1. The van der Waals surface area contributed by atoms with E-state index in [1.54, 1.807) is 25.2 Å². The largest absolute Gasteiger partial charge is 0.507 e. The maximum atomic E-state index is 11.9. The number of hydrogen-bond acceptors (Lipinski definition) is 4. The molecule has 1 aliphatic rings. The number of hydrogen-bond donors (Lipinski definition) is 3. The summed E-state index contributed by atoms with van der Waals surface area (Å²) >= 11 is 0. The maximum Gasteiger partial charge on any atom is 0.227 e. The van der Waals surface area contributed by atoms with Crippen LogP contribution in [0.15, 0.2) is 18.2 Å². The van der Waals surface area contributed by atoms with E-state index < -0.39 is 5.41 Å². The zero-order valence-corrected chi connectivity index (χ0v) is 12.2. The van der Waals surface area contributed by atoms with E-state index in [9.17, 15) is 15.0 Å². The van der Waals surface area contributed by atoms with Crippen molar-refractivity contribution in [1.29, 1.82) is 0 Å². The predicted molar refractivity (Wildman–Crippen MR) is 76.6 cm³/mol. The Morgan fingerprint density at radius 1 is 1.40 bits per heavy atom. The molecule has 0 bridgehead atoms. The Labute approximate surface area is 119 Å². The normalized spacial score (nSPS) is 24.6. The van der Waals surface area contributed by atoms with E-state index in [1.807, 2.05) is 13.8 Å². The summed E-state index contributed by atoms with van der Waals surface area (Å²) in [6, 6.07) is 4.61. The van der Waals surface area contributed by atoms with E-state index in [0.717, 1.165) is 13.0 Å². The Morgan fingerprint density at radius 2 is 2.00 bits per heavy atom. The minimum absolute atomic E-state index is 0.0358. The van der Waals surface area contributed by atoms with Gasteiger partial charge in [0.1, 0.15) is 11.5 Å². The fourth-order valence-corrected chi connectivity index (χ4v) is 2.97. The Bertz CT molecular complexity index is 498. The molecule has 1 amide bonds. The number of likely N-dealkylation sites (tertiary alicyclic amines) is 1. The van der Waals surface area contributed by atoms with Crippen LogP contribution in [0.25, 0.3) is 0 Å². The molecule has 1 aromatic carbocycles. The highest BCUT2D eigenvalue weighted by Gasteiger charge is 2.41. The molecule has 20 heavy (non-hydrogen) atoms. The van der Waals surface area contributed by atoms with Crippen molar-refractivity contribution >= 4 is 5.91 Å². The van der Waals surface area contributed by atoms with Gasteiger partial charge in [0, 0.05) is 19.6 Å². The average Bonchev–Trinajstić information content (AvgIpc) is 2.81. The lowest BCUT2D eigenvalue weighted by atomic mass is 9.89. The van der Waals surface area contributed by atoms with Crippen LogP contribution in [0.5, 0.6) is 11.5 Å². The molecule has 2 unspecified atom stereocenters. The van der Waals surface area contributed by atoms with Gasteiger partial charge in [-0.1, -0.05) is 6.07 Å². The molecule has 2 atom stereocenters. The number of carbonyl (C=O) groups is 1. The number of benzene rings is 1. The van der Waals surface area contributed by atoms with Gasteiger partial charge in [-0.3, -0.25) is 9.69 Å². The fraction of sp³-hybridized carbons (Fsp3) is 0.533. The van der Waals surface area contributed by atoms with Crippen LogP contribution < -0.4 is 5.32 Å². The first-order valence-electron chi connectivity index (χ1n) is 6.86. The van der Waals surface area contributed by atoms with Gasteiger partial charge in [0.15, 0.2) is 0 Å². The number of phenols is 2. The second kappa shape index (κ2) is 5.32. The number of aromatic hydroxyl groups is 2. The second-order valence-electron chi connectivity index (χ2n) is 5.75. The smallest absolute Gasteiger partial charge is 0.227 e. The summed E-state index contributed by atoms with van der Waals surface area (Å²) in [5.41, 5.74) is 0.108. The molecule has 110 valence electrons. The first-order valence-corrected chi connectivity index (χ1v) is 6.86. The molecule has 0 aromatic heterocycles. The summed E-state index contributed by atoms with van der Waals surface area (Å²) in [5, 5.41) is 22.6. The van der Waals surface area contributed by atoms with Crippen molar-refractivity contribution in [2.75, 3.05) is 20.1 Å². The van der Waals surface area contributed by atoms with Gasteiger partial charge in [0.2, 0.25) is 5.91 Å². The molecule has 1 fully saturated rings. The van der Waals surface area contributed by atoms with Crippen molar-refractivity contribution < 1.29 is 15.0 Å². The molecule has 5 nitrogen and oxygen atoms in total. The summed E-state index contributed by atoms with van der Waals surface area (Å²) in [4.78, 5) is 14.1. The van der Waals surface area contributed by atoms with Crippen LogP contribution in [0.4, 0.5) is 0 Å². The van der Waals surface area contributed by atoms with E-state index >= 15 is 0 Å². The molecule has 0 aliphatic carbocycles. The molecule has 3 N–H and O–H groups in total. The van der Waals surface area contributed by atoms with Crippen LogP contribution in [-0.4, -0.2) is 41.2 Å². The monoisotopic (exact) mass is 278 g/mol. The fourth-order valence-electron chi connectivity index (χ4n) is 2.97. The highest BCUT2D eigenvalue weighted by Crippen LogP contribution is 2.40. The quantitative estimate of drug-likeness (QED) is 0.785. The van der Waals surface area contributed by atoms with E-state index in [4.69, 9.17) is 0 Å². The Morgan fingerprint density at radius 3 is 2.55 bits per heavy atom. The van der Waals surface area contributed by atoms with Gasteiger partial charge in [-0.15, -0.1) is 0 Å². The molecule has 0 radical (unpaired) electrons. The molecule has 1 saturated heterocycles. The lowest BCUT2D eigenvalue weighted by molar-refractivity contribution is -0.129. The third kappa shape index (κ3) is 2.45. The highest BCUT2D eigenvalue weighted by molar-refractivity contribution is 5.82. The standard InChI is InChI=1S/C15H22N2O3/c1-10(13-11(18)5-4-6-12(13)19)17-8-7-15(2,9-17)14(20)16-3/h4-6,10,18-19H,7-9H2,1-3H3,(H,16,20). The summed E-state index contributed by atoms with van der Waals surface area (Å²) in [5.74, 6) is 0.214. The summed E-state index contributed by atoms with van der Waals surface area (Å²) < 4.78 is 0. The number of nitrogens with one attached hydrogen (secondary N) is 1. The van der Waals surface area contributed by atoms with Crippen LogP contribution in [0.1, 0.15) is 31.9 Å². The summed E-state index contributed by atoms with van der Waals surface area (Å²) in [6.07, 6.45) is 0.769. The van der Waals surface area contributed by atoms with Crippen LogP contribution in [0.2, 0.25) is 0 Å². The number of amides is 1. The Kier molecular flexibility index (Phi) is 3.90. The SMILES string of the molecule is CNC(=O)C1(C)CCN(C(C)c2c(O)cccc2O)C1. The van der Waals surface area contributed by atoms with Gasteiger partial charge in [0.05, 0.1) is 11.0 Å². The highest BCUT2D eigenvalue weighted by atomic mass is 16.3. The van der Waals surface area contributed by atoms with E-state index in [2.05, 4.69) is 10.2 Å². The minimum atomic E-state index is -0.414. The van der Waals surface area contributed by atoms with Crippen molar-refractivity contribution in [1.82, 2.24) is 10.2 Å². The van der Waals surface area contributed by atoms with E-state index in [-0.39, 0.29) is 23.4 Å². The molecule has 5 heteroatoms. The molecule has 0 saturated carbocycles. The zero-order valence-electron chi connectivity index (χ0n) is 12.2. The maximum absolute atomic E-state index is 11.9. The van der Waals surface area contributed by atoms with Crippen molar-refractivity contribution in [2.45, 2.75) is 26.3 Å². The molecule has 1 aromatic rings. The van der Waals surface area contributed by atoms with E-state index in [1.165, 1.54) is 0 Å². The molecule has 1 heterocycles. The Balaban J connectivity index is 2.20. The molecular weight excluding hydrogens is 256 g/mol. The van der Waals surface area contributed by atoms with Crippen LogP contribution in [0.3, 0.4) is 0 Å². The van der Waals surface area contributed by atoms with Crippen molar-refractivity contribution in [2.24, 2.45) is 5.41 Å². The number of phenolic OH excluding ortho intramolecular Hbond substituents is 2. The first kappa shape index (κ1) is 14.7. The van der Waals surface area contributed by atoms with Gasteiger partial charge in [-0.05, 0) is 38.9 Å². The minimum Gasteiger partial charge on any atom is -0.507 e. The van der Waals surface area contributed by atoms with Crippen molar-refractivity contribution in [3.8, 4) is 11.5 Å². The second-order valence-corrected chi connectivity index (χ2v) is 5.75. The number of rotatable bonds is 3. The molecular formula is C15H22N2O3. The molecule has 1 aliphatic heterocycles. The van der Waals surface area contributed by atoms with Crippen LogP contribution >= 0.6 is 0 Å². The van der Waals surface area contributed by atoms with Gasteiger partial charge in [0.25, 0.3) is 0 Å². The lowest BCUT2D eigenvalue weighted by Gasteiger charge is -2.28. The average molecular weight is 278 g/mol.